The molecule has 0 heterocycles. The van der Waals surface area contributed by atoms with Crippen LogP contribution in [0.3, 0.4) is 0 Å². The summed E-state index contributed by atoms with van der Waals surface area (Å²) in [6, 6.07) is 0.821. The molecule has 0 saturated heterocycles. The van der Waals surface area contributed by atoms with Crippen molar-refractivity contribution in [2.24, 2.45) is 0 Å². The zero-order chi connectivity index (χ0) is 23.5. The fourth-order valence-corrected chi connectivity index (χ4v) is 5.10. The van der Waals surface area contributed by atoms with Crippen molar-refractivity contribution >= 4 is 0 Å². The van der Waals surface area contributed by atoms with Crippen LogP contribution in [0.4, 0.5) is 0 Å². The Labute approximate surface area is 205 Å². The van der Waals surface area contributed by atoms with Gasteiger partial charge in [0.25, 0.3) is 0 Å². The first-order valence-electron chi connectivity index (χ1n) is 15.4. The molecular formula is C31H65N. The monoisotopic (exact) mass is 452 g/mol. The summed E-state index contributed by atoms with van der Waals surface area (Å²) < 4.78 is 0. The highest BCUT2D eigenvalue weighted by Crippen LogP contribution is 2.18. The molecule has 0 aromatic carbocycles. The maximum absolute atomic E-state index is 2.49. The van der Waals surface area contributed by atoms with Crippen LogP contribution in [0.15, 0.2) is 0 Å². The van der Waals surface area contributed by atoms with Crippen LogP contribution in [-0.4, -0.2) is 25.0 Å². The highest BCUT2D eigenvalue weighted by molar-refractivity contribution is 4.67. The Morgan fingerprint density at radius 1 is 0.344 bits per heavy atom. The average Bonchev–Trinajstić information content (AvgIpc) is 2.78. The summed E-state index contributed by atoms with van der Waals surface area (Å²) in [6.45, 7) is 4.61. The molecule has 0 aliphatic rings. The molecule has 0 fully saturated rings. The van der Waals surface area contributed by atoms with E-state index in [-0.39, 0.29) is 0 Å². The first kappa shape index (κ1) is 32.0. The third kappa shape index (κ3) is 24.6. The molecule has 0 N–H and O–H groups in total. The van der Waals surface area contributed by atoms with Crippen molar-refractivity contribution in [3.05, 3.63) is 0 Å². The minimum Gasteiger partial charge on any atom is -0.306 e. The van der Waals surface area contributed by atoms with Gasteiger partial charge in [0.15, 0.2) is 0 Å². The van der Waals surface area contributed by atoms with Crippen molar-refractivity contribution in [3.8, 4) is 0 Å². The summed E-state index contributed by atoms with van der Waals surface area (Å²) in [4.78, 5) is 2.49. The van der Waals surface area contributed by atoms with Gasteiger partial charge in [-0.15, -0.1) is 0 Å². The quantitative estimate of drug-likeness (QED) is 0.112. The highest BCUT2D eigenvalue weighted by Gasteiger charge is 2.10. The molecular weight excluding hydrogens is 386 g/mol. The second-order valence-electron chi connectivity index (χ2n) is 11.0. The summed E-state index contributed by atoms with van der Waals surface area (Å²) in [5.74, 6) is 0. The summed E-state index contributed by atoms with van der Waals surface area (Å²) in [6.07, 6.45) is 37.8. The standard InChI is InChI=1S/C31H65N/c1-5-7-9-11-13-15-16-17-18-19-20-22-24-26-28-30-31(32(3)4)29-27-25-23-21-14-12-10-8-6-2/h31H,5-30H2,1-4H3. The fourth-order valence-electron chi connectivity index (χ4n) is 5.10. The molecule has 0 rings (SSSR count). The maximum atomic E-state index is 2.49. The van der Waals surface area contributed by atoms with E-state index in [0.717, 1.165) is 6.04 Å². The zero-order valence-electron chi connectivity index (χ0n) is 23.4. The van der Waals surface area contributed by atoms with Crippen LogP contribution < -0.4 is 0 Å². The Balaban J connectivity index is 3.38. The average molecular weight is 452 g/mol. The molecule has 1 unspecified atom stereocenters. The van der Waals surface area contributed by atoms with Crippen molar-refractivity contribution < 1.29 is 0 Å². The molecule has 0 radical (unpaired) electrons. The van der Waals surface area contributed by atoms with Gasteiger partial charge < -0.3 is 4.90 Å². The molecule has 0 saturated carbocycles. The van der Waals surface area contributed by atoms with Gasteiger partial charge in [0.2, 0.25) is 0 Å². The summed E-state index contributed by atoms with van der Waals surface area (Å²) >= 11 is 0. The Hall–Kier alpha value is -0.0400. The molecule has 32 heavy (non-hydrogen) atoms. The number of nitrogens with zero attached hydrogens (tertiary/aromatic N) is 1. The minimum absolute atomic E-state index is 0.821. The Morgan fingerprint density at radius 3 is 0.781 bits per heavy atom. The van der Waals surface area contributed by atoms with Gasteiger partial charge >= 0.3 is 0 Å². The maximum Gasteiger partial charge on any atom is 0.00891 e. The van der Waals surface area contributed by atoms with Gasteiger partial charge in [0, 0.05) is 6.04 Å². The van der Waals surface area contributed by atoms with E-state index in [1.54, 1.807) is 0 Å². The lowest BCUT2D eigenvalue weighted by Gasteiger charge is -2.24. The van der Waals surface area contributed by atoms with Crippen LogP contribution in [0.5, 0.6) is 0 Å². The SMILES string of the molecule is CCCCCCCCCCCCCCCCCC(CCCCCCCCCCC)N(C)C. The topological polar surface area (TPSA) is 3.24 Å². The smallest absolute Gasteiger partial charge is 0.00891 e. The summed E-state index contributed by atoms with van der Waals surface area (Å²) in [7, 11) is 4.59. The molecule has 0 aliphatic heterocycles. The van der Waals surface area contributed by atoms with Crippen molar-refractivity contribution in [2.45, 2.75) is 187 Å². The van der Waals surface area contributed by atoms with E-state index in [0.29, 0.717) is 0 Å². The van der Waals surface area contributed by atoms with Gasteiger partial charge in [-0.3, -0.25) is 0 Å². The van der Waals surface area contributed by atoms with E-state index >= 15 is 0 Å². The molecule has 0 bridgehead atoms. The third-order valence-corrected chi connectivity index (χ3v) is 7.51. The molecule has 1 atom stereocenters. The van der Waals surface area contributed by atoms with Crippen LogP contribution >= 0.6 is 0 Å². The van der Waals surface area contributed by atoms with E-state index in [2.05, 4.69) is 32.8 Å². The van der Waals surface area contributed by atoms with Crippen LogP contribution in [0.25, 0.3) is 0 Å². The van der Waals surface area contributed by atoms with Gasteiger partial charge in [-0.05, 0) is 26.9 Å². The predicted octanol–water partition coefficient (Wildman–Crippen LogP) is 11.1. The first-order chi connectivity index (χ1) is 15.7. The Morgan fingerprint density at radius 2 is 0.562 bits per heavy atom. The summed E-state index contributed by atoms with van der Waals surface area (Å²) in [5.41, 5.74) is 0. The molecule has 1 heteroatoms. The van der Waals surface area contributed by atoms with Gasteiger partial charge in [-0.1, -0.05) is 168 Å². The van der Waals surface area contributed by atoms with Crippen molar-refractivity contribution in [1.29, 1.82) is 0 Å². The largest absolute Gasteiger partial charge is 0.306 e. The predicted molar refractivity (Wildman–Crippen MR) is 149 cm³/mol. The van der Waals surface area contributed by atoms with Gasteiger partial charge in [0.05, 0.1) is 0 Å². The molecule has 1 nitrogen and oxygen atoms in total. The zero-order valence-corrected chi connectivity index (χ0v) is 23.4. The highest BCUT2D eigenvalue weighted by atomic mass is 15.1. The molecule has 0 aromatic rings. The molecule has 0 aliphatic carbocycles. The lowest BCUT2D eigenvalue weighted by molar-refractivity contribution is 0.251. The van der Waals surface area contributed by atoms with E-state index in [1.807, 2.05) is 0 Å². The lowest BCUT2D eigenvalue weighted by Crippen LogP contribution is -2.27. The molecule has 0 aromatic heterocycles. The first-order valence-corrected chi connectivity index (χ1v) is 15.4. The van der Waals surface area contributed by atoms with E-state index < -0.39 is 0 Å². The second kappa shape index (κ2) is 27.2. The minimum atomic E-state index is 0.821. The normalized spacial score (nSPS) is 12.7. The second-order valence-corrected chi connectivity index (χ2v) is 11.0. The fraction of sp³-hybridized carbons (Fsp3) is 1.00. The van der Waals surface area contributed by atoms with Gasteiger partial charge in [-0.25, -0.2) is 0 Å². The van der Waals surface area contributed by atoms with E-state index in [1.165, 1.54) is 167 Å². The molecule has 0 spiro atoms. The lowest BCUT2D eigenvalue weighted by atomic mass is 9.99. The van der Waals surface area contributed by atoms with Gasteiger partial charge in [0.1, 0.15) is 0 Å². The van der Waals surface area contributed by atoms with Crippen LogP contribution in [-0.2, 0) is 0 Å². The van der Waals surface area contributed by atoms with Crippen LogP contribution in [0, 0.1) is 0 Å². The van der Waals surface area contributed by atoms with Gasteiger partial charge in [-0.2, -0.15) is 0 Å². The van der Waals surface area contributed by atoms with E-state index in [9.17, 15) is 0 Å². The Kier molecular flexibility index (Phi) is 27.2. The number of rotatable bonds is 27. The van der Waals surface area contributed by atoms with E-state index in [4.69, 9.17) is 0 Å². The van der Waals surface area contributed by atoms with Crippen LogP contribution in [0.1, 0.15) is 181 Å². The summed E-state index contributed by atoms with van der Waals surface area (Å²) in [5, 5.41) is 0. The third-order valence-electron chi connectivity index (χ3n) is 7.51. The van der Waals surface area contributed by atoms with Crippen molar-refractivity contribution in [3.63, 3.8) is 0 Å². The number of unbranched alkanes of at least 4 members (excludes halogenated alkanes) is 22. The van der Waals surface area contributed by atoms with Crippen LogP contribution in [0.2, 0.25) is 0 Å². The Bertz CT molecular complexity index is 324. The number of hydrogen-bond donors (Lipinski definition) is 0. The van der Waals surface area contributed by atoms with Crippen molar-refractivity contribution in [1.82, 2.24) is 4.90 Å². The molecule has 194 valence electrons. The number of hydrogen-bond acceptors (Lipinski definition) is 1. The molecule has 0 amide bonds. The van der Waals surface area contributed by atoms with Crippen molar-refractivity contribution in [2.75, 3.05) is 14.1 Å².